The van der Waals surface area contributed by atoms with Gasteiger partial charge < -0.3 is 0 Å². The van der Waals surface area contributed by atoms with Crippen molar-refractivity contribution in [2.45, 2.75) is 38.8 Å². The van der Waals surface area contributed by atoms with E-state index >= 15 is 0 Å². The summed E-state index contributed by atoms with van der Waals surface area (Å²) in [7, 11) is 0. The predicted octanol–water partition coefficient (Wildman–Crippen LogP) is 3.13. The molecule has 0 aromatic rings. The Kier molecular flexibility index (Phi) is 1.69. The van der Waals surface area contributed by atoms with E-state index in [0.717, 1.165) is 12.8 Å². The van der Waals surface area contributed by atoms with Crippen molar-refractivity contribution in [3.05, 3.63) is 0 Å². The Hall–Kier alpha value is -0.210. The molecule has 0 N–H and O–H groups in total. The molecule has 0 aromatic heterocycles. The molecule has 10 heavy (non-hydrogen) atoms. The van der Waals surface area contributed by atoms with Crippen molar-refractivity contribution in [3.8, 4) is 0 Å². The van der Waals surface area contributed by atoms with Crippen LogP contribution in [0.5, 0.6) is 0 Å². The van der Waals surface area contributed by atoms with E-state index in [0.29, 0.717) is 12.8 Å². The summed E-state index contributed by atoms with van der Waals surface area (Å²) in [6.07, 6.45) is -1.89. The first kappa shape index (κ1) is 7.89. The molecule has 0 radical (unpaired) electrons. The summed E-state index contributed by atoms with van der Waals surface area (Å²) in [5.74, 6) is 0. The van der Waals surface area contributed by atoms with Crippen LogP contribution < -0.4 is 0 Å². The molecule has 3 heteroatoms. The van der Waals surface area contributed by atoms with E-state index < -0.39 is 11.6 Å². The van der Waals surface area contributed by atoms with E-state index in [4.69, 9.17) is 0 Å². The molecule has 60 valence electrons. The zero-order valence-corrected chi connectivity index (χ0v) is 5.96. The van der Waals surface area contributed by atoms with Gasteiger partial charge in [-0.2, -0.15) is 13.2 Å². The van der Waals surface area contributed by atoms with Crippen LogP contribution in [0.25, 0.3) is 0 Å². The molecule has 0 atom stereocenters. The lowest BCUT2D eigenvalue weighted by Crippen LogP contribution is -2.31. The Morgan fingerprint density at radius 3 is 1.70 bits per heavy atom. The molecule has 1 saturated carbocycles. The maximum atomic E-state index is 12.1. The second-order valence-corrected chi connectivity index (χ2v) is 3.27. The zero-order valence-electron chi connectivity index (χ0n) is 5.96. The highest BCUT2D eigenvalue weighted by atomic mass is 19.4. The molecular formula is C7H11F3. The van der Waals surface area contributed by atoms with Gasteiger partial charge in [0.2, 0.25) is 0 Å². The Labute approximate surface area is 58.4 Å². The Morgan fingerprint density at radius 1 is 1.10 bits per heavy atom. The second kappa shape index (κ2) is 2.14. The van der Waals surface area contributed by atoms with Crippen LogP contribution >= 0.6 is 0 Å². The van der Waals surface area contributed by atoms with E-state index in [-0.39, 0.29) is 0 Å². The summed E-state index contributed by atoms with van der Waals surface area (Å²) >= 11 is 0. The normalized spacial score (nSPS) is 25.2. The average molecular weight is 152 g/mol. The van der Waals surface area contributed by atoms with Crippen molar-refractivity contribution in [2.75, 3.05) is 0 Å². The van der Waals surface area contributed by atoms with Gasteiger partial charge in [-0.1, -0.05) is 19.8 Å². The lowest BCUT2D eigenvalue weighted by Gasteiger charge is -2.26. The van der Waals surface area contributed by atoms with E-state index in [1.54, 1.807) is 0 Å². The van der Waals surface area contributed by atoms with Gasteiger partial charge in [-0.05, 0) is 12.8 Å². The van der Waals surface area contributed by atoms with Gasteiger partial charge in [-0.3, -0.25) is 0 Å². The summed E-state index contributed by atoms with van der Waals surface area (Å²) in [6.45, 7) is 1.32. The monoisotopic (exact) mass is 152 g/mol. The number of rotatable bonds is 0. The molecule has 0 heterocycles. The van der Waals surface area contributed by atoms with Crippen molar-refractivity contribution in [1.82, 2.24) is 0 Å². The largest absolute Gasteiger partial charge is 0.394 e. The molecule has 0 unspecified atom stereocenters. The molecule has 1 fully saturated rings. The molecule has 1 aliphatic rings. The van der Waals surface area contributed by atoms with Gasteiger partial charge in [0.1, 0.15) is 0 Å². The minimum Gasteiger partial charge on any atom is -0.171 e. The van der Waals surface area contributed by atoms with E-state index in [2.05, 4.69) is 0 Å². The molecule has 0 spiro atoms. The SMILES string of the molecule is CC1(C(F)(F)F)CCCC1. The number of hydrogen-bond donors (Lipinski definition) is 0. The summed E-state index contributed by atoms with van der Waals surface area (Å²) in [5.41, 5.74) is -1.37. The van der Waals surface area contributed by atoms with Crippen LogP contribution in [0.1, 0.15) is 32.6 Å². The third-order valence-electron chi connectivity index (χ3n) is 2.39. The van der Waals surface area contributed by atoms with Gasteiger partial charge in [0.05, 0.1) is 5.41 Å². The van der Waals surface area contributed by atoms with Gasteiger partial charge in [0.15, 0.2) is 0 Å². The zero-order chi connectivity index (χ0) is 7.83. The molecule has 0 aliphatic heterocycles. The van der Waals surface area contributed by atoms with Crippen molar-refractivity contribution in [1.29, 1.82) is 0 Å². The lowest BCUT2D eigenvalue weighted by molar-refractivity contribution is -0.215. The van der Waals surface area contributed by atoms with Crippen LogP contribution in [0.2, 0.25) is 0 Å². The molecule has 1 aliphatic carbocycles. The van der Waals surface area contributed by atoms with Crippen LogP contribution in [0.4, 0.5) is 13.2 Å². The maximum Gasteiger partial charge on any atom is 0.394 e. The second-order valence-electron chi connectivity index (χ2n) is 3.27. The summed E-state index contributed by atoms with van der Waals surface area (Å²) in [6, 6.07) is 0. The van der Waals surface area contributed by atoms with Crippen LogP contribution in [0, 0.1) is 5.41 Å². The van der Waals surface area contributed by atoms with Crippen molar-refractivity contribution in [2.24, 2.45) is 5.41 Å². The van der Waals surface area contributed by atoms with Gasteiger partial charge >= 0.3 is 6.18 Å². The van der Waals surface area contributed by atoms with Crippen molar-refractivity contribution in [3.63, 3.8) is 0 Å². The molecule has 0 bridgehead atoms. The standard InChI is InChI=1S/C7H11F3/c1-6(7(8,9)10)4-2-3-5-6/h2-5H2,1H3. The number of alkyl halides is 3. The fourth-order valence-electron chi connectivity index (χ4n) is 1.44. The quantitative estimate of drug-likeness (QED) is 0.500. The van der Waals surface area contributed by atoms with Gasteiger partial charge in [-0.25, -0.2) is 0 Å². The molecule has 1 rings (SSSR count). The van der Waals surface area contributed by atoms with Gasteiger partial charge in [0, 0.05) is 0 Å². The minimum atomic E-state index is -3.98. The molecular weight excluding hydrogens is 141 g/mol. The van der Waals surface area contributed by atoms with Crippen molar-refractivity contribution >= 4 is 0 Å². The summed E-state index contributed by atoms with van der Waals surface area (Å²) < 4.78 is 36.4. The highest BCUT2D eigenvalue weighted by molar-refractivity contribution is 4.86. The molecule has 0 saturated heterocycles. The number of halogens is 3. The fraction of sp³-hybridized carbons (Fsp3) is 1.00. The highest BCUT2D eigenvalue weighted by Gasteiger charge is 2.51. The van der Waals surface area contributed by atoms with Gasteiger partial charge in [-0.15, -0.1) is 0 Å². The predicted molar refractivity (Wildman–Crippen MR) is 32.6 cm³/mol. The Bertz CT molecular complexity index is 119. The van der Waals surface area contributed by atoms with E-state index in [9.17, 15) is 13.2 Å². The molecule has 0 amide bonds. The Morgan fingerprint density at radius 2 is 1.50 bits per heavy atom. The summed E-state index contributed by atoms with van der Waals surface area (Å²) in [5, 5.41) is 0. The van der Waals surface area contributed by atoms with Crippen LogP contribution in [-0.4, -0.2) is 6.18 Å². The first-order chi connectivity index (χ1) is 4.46. The average Bonchev–Trinajstić information content (AvgIpc) is 2.13. The Balaban J connectivity index is 2.67. The first-order valence-electron chi connectivity index (χ1n) is 3.52. The van der Waals surface area contributed by atoms with Crippen LogP contribution in [0.3, 0.4) is 0 Å². The molecule has 0 nitrogen and oxygen atoms in total. The highest BCUT2D eigenvalue weighted by Crippen LogP contribution is 2.49. The van der Waals surface area contributed by atoms with E-state index in [1.807, 2.05) is 0 Å². The minimum absolute atomic E-state index is 0.316. The molecule has 0 aromatic carbocycles. The lowest BCUT2D eigenvalue weighted by atomic mass is 9.88. The van der Waals surface area contributed by atoms with Crippen LogP contribution in [0.15, 0.2) is 0 Å². The van der Waals surface area contributed by atoms with Crippen molar-refractivity contribution < 1.29 is 13.2 Å². The van der Waals surface area contributed by atoms with Crippen LogP contribution in [-0.2, 0) is 0 Å². The van der Waals surface area contributed by atoms with Gasteiger partial charge in [0.25, 0.3) is 0 Å². The summed E-state index contributed by atoms with van der Waals surface area (Å²) in [4.78, 5) is 0. The number of hydrogen-bond acceptors (Lipinski definition) is 0. The smallest absolute Gasteiger partial charge is 0.171 e. The third kappa shape index (κ3) is 1.13. The maximum absolute atomic E-state index is 12.1. The topological polar surface area (TPSA) is 0 Å². The fourth-order valence-corrected chi connectivity index (χ4v) is 1.44. The first-order valence-corrected chi connectivity index (χ1v) is 3.52. The van der Waals surface area contributed by atoms with E-state index in [1.165, 1.54) is 6.92 Å². The third-order valence-corrected chi connectivity index (χ3v) is 2.39.